The fraction of sp³-hybridized carbons (Fsp3) is 0.333. The second-order valence-corrected chi connectivity index (χ2v) is 7.83. The molecule has 0 saturated carbocycles. The molecular weight excluding hydrogens is 464 g/mol. The quantitative estimate of drug-likeness (QED) is 0.259. The van der Waals surface area contributed by atoms with Gasteiger partial charge in [-0.05, 0) is 47.9 Å². The molecule has 0 spiro atoms. The lowest BCUT2D eigenvalue weighted by Crippen LogP contribution is -2.60. The number of aliphatic hydroxyl groups is 4. The van der Waals surface area contributed by atoms with E-state index in [4.69, 9.17) is 24.4 Å². The van der Waals surface area contributed by atoms with E-state index in [1.165, 1.54) is 24.3 Å². The van der Waals surface area contributed by atoms with Crippen molar-refractivity contribution in [3.05, 3.63) is 59.7 Å². The smallest absolute Gasteiger partial charge is 0.328 e. The molecule has 2 aromatic rings. The molecule has 1 aliphatic rings. The minimum absolute atomic E-state index is 0.0186. The summed E-state index contributed by atoms with van der Waals surface area (Å²) in [4.78, 5) is 21.6. The number of ether oxygens (including phenoxy) is 3. The maximum absolute atomic E-state index is 10.9. The molecule has 0 aromatic heterocycles. The zero-order chi connectivity index (χ0) is 25.5. The largest absolute Gasteiger partial charge is 0.481 e. The number of carbonyl (C=O) groups is 2. The number of rotatable bonds is 10. The van der Waals surface area contributed by atoms with Gasteiger partial charge in [0, 0.05) is 12.5 Å². The third kappa shape index (κ3) is 7.01. The Kier molecular flexibility index (Phi) is 8.79. The highest BCUT2D eigenvalue weighted by molar-refractivity contribution is 5.85. The van der Waals surface area contributed by atoms with Crippen LogP contribution in [0, 0.1) is 0 Å². The van der Waals surface area contributed by atoms with E-state index in [-0.39, 0.29) is 17.9 Å². The SMILES string of the molecule is O=C(O)/C=C/c1ccc(O[C@@H]2O[C@H](CO)[C@@H](O)[C@H](O)[C@H]2O)c(Oc2ccc(CCC(=O)O)cc2)c1. The van der Waals surface area contributed by atoms with E-state index in [0.29, 0.717) is 17.7 Å². The van der Waals surface area contributed by atoms with Crippen molar-refractivity contribution in [2.24, 2.45) is 0 Å². The Morgan fingerprint density at radius 2 is 1.66 bits per heavy atom. The minimum Gasteiger partial charge on any atom is -0.481 e. The highest BCUT2D eigenvalue weighted by Gasteiger charge is 2.45. The highest BCUT2D eigenvalue weighted by atomic mass is 16.7. The second kappa shape index (κ2) is 11.8. The molecule has 1 heterocycles. The van der Waals surface area contributed by atoms with Gasteiger partial charge in [0.15, 0.2) is 11.5 Å². The van der Waals surface area contributed by atoms with Crippen molar-refractivity contribution in [2.75, 3.05) is 6.61 Å². The Morgan fingerprint density at radius 1 is 0.943 bits per heavy atom. The molecule has 5 atom stereocenters. The van der Waals surface area contributed by atoms with Gasteiger partial charge in [0.25, 0.3) is 0 Å². The van der Waals surface area contributed by atoms with Gasteiger partial charge in [-0.15, -0.1) is 0 Å². The van der Waals surface area contributed by atoms with Crippen LogP contribution in [0.4, 0.5) is 0 Å². The molecule has 6 N–H and O–H groups in total. The highest BCUT2D eigenvalue weighted by Crippen LogP contribution is 2.35. The van der Waals surface area contributed by atoms with Crippen molar-refractivity contribution in [2.45, 2.75) is 43.5 Å². The fourth-order valence-electron chi connectivity index (χ4n) is 3.37. The first kappa shape index (κ1) is 26.1. The lowest BCUT2D eigenvalue weighted by Gasteiger charge is -2.39. The summed E-state index contributed by atoms with van der Waals surface area (Å²) in [6, 6.07) is 11.1. The average Bonchev–Trinajstić information content (AvgIpc) is 2.83. The van der Waals surface area contributed by atoms with Crippen LogP contribution < -0.4 is 9.47 Å². The molecule has 0 amide bonds. The van der Waals surface area contributed by atoms with Crippen LogP contribution in [0.15, 0.2) is 48.5 Å². The van der Waals surface area contributed by atoms with Crippen LogP contribution in [-0.2, 0) is 20.7 Å². The van der Waals surface area contributed by atoms with Crippen LogP contribution >= 0.6 is 0 Å². The second-order valence-electron chi connectivity index (χ2n) is 7.83. The molecule has 11 heteroatoms. The zero-order valence-electron chi connectivity index (χ0n) is 18.4. The van der Waals surface area contributed by atoms with Gasteiger partial charge in [-0.2, -0.15) is 0 Å². The van der Waals surface area contributed by atoms with Crippen LogP contribution in [0.1, 0.15) is 17.5 Å². The van der Waals surface area contributed by atoms with Gasteiger partial charge < -0.3 is 44.8 Å². The number of benzene rings is 2. The van der Waals surface area contributed by atoms with Crippen molar-refractivity contribution in [3.63, 3.8) is 0 Å². The van der Waals surface area contributed by atoms with Gasteiger partial charge in [0.1, 0.15) is 30.2 Å². The van der Waals surface area contributed by atoms with Crippen molar-refractivity contribution in [1.82, 2.24) is 0 Å². The molecule has 0 aliphatic carbocycles. The molecule has 2 aromatic carbocycles. The molecule has 1 aliphatic heterocycles. The Morgan fingerprint density at radius 3 is 2.29 bits per heavy atom. The van der Waals surface area contributed by atoms with Gasteiger partial charge in [0.2, 0.25) is 6.29 Å². The number of aliphatic hydroxyl groups excluding tert-OH is 4. The van der Waals surface area contributed by atoms with Crippen LogP contribution in [0.5, 0.6) is 17.2 Å². The fourth-order valence-corrected chi connectivity index (χ4v) is 3.37. The summed E-state index contributed by atoms with van der Waals surface area (Å²) in [6.07, 6.45) is -4.84. The normalized spacial score (nSPS) is 24.3. The lowest BCUT2D eigenvalue weighted by molar-refractivity contribution is -0.277. The van der Waals surface area contributed by atoms with E-state index in [1.807, 2.05) is 0 Å². The van der Waals surface area contributed by atoms with Crippen molar-refractivity contribution in [3.8, 4) is 17.2 Å². The van der Waals surface area contributed by atoms with E-state index >= 15 is 0 Å². The summed E-state index contributed by atoms with van der Waals surface area (Å²) in [6.45, 7) is -0.624. The molecule has 11 nitrogen and oxygen atoms in total. The molecule has 1 saturated heterocycles. The van der Waals surface area contributed by atoms with Crippen molar-refractivity contribution >= 4 is 18.0 Å². The van der Waals surface area contributed by atoms with Gasteiger partial charge in [0.05, 0.1) is 6.61 Å². The summed E-state index contributed by atoms with van der Waals surface area (Å²) in [5.74, 6) is -1.51. The molecule has 3 rings (SSSR count). The first-order chi connectivity index (χ1) is 16.7. The van der Waals surface area contributed by atoms with Gasteiger partial charge in [-0.3, -0.25) is 4.79 Å². The first-order valence-electron chi connectivity index (χ1n) is 10.7. The first-order valence-corrected chi connectivity index (χ1v) is 10.7. The van der Waals surface area contributed by atoms with Crippen molar-refractivity contribution in [1.29, 1.82) is 0 Å². The number of aryl methyl sites for hydroxylation is 1. The Labute approximate surface area is 200 Å². The van der Waals surface area contributed by atoms with Crippen LogP contribution in [0.25, 0.3) is 6.08 Å². The van der Waals surface area contributed by atoms with Crippen molar-refractivity contribution < 1.29 is 54.4 Å². The van der Waals surface area contributed by atoms with Crippen LogP contribution in [-0.4, -0.2) is 79.9 Å². The Balaban J connectivity index is 1.86. The molecule has 0 unspecified atom stereocenters. The van der Waals surface area contributed by atoms with E-state index in [9.17, 15) is 30.0 Å². The summed E-state index contributed by atoms with van der Waals surface area (Å²) >= 11 is 0. The minimum atomic E-state index is -1.64. The summed E-state index contributed by atoms with van der Waals surface area (Å²) in [5, 5.41) is 57.4. The topological polar surface area (TPSA) is 183 Å². The molecule has 35 heavy (non-hydrogen) atoms. The zero-order valence-corrected chi connectivity index (χ0v) is 18.4. The third-order valence-electron chi connectivity index (χ3n) is 5.26. The molecule has 1 fully saturated rings. The number of hydrogen-bond donors (Lipinski definition) is 6. The monoisotopic (exact) mass is 490 g/mol. The van der Waals surface area contributed by atoms with E-state index in [0.717, 1.165) is 11.6 Å². The number of carboxylic acids is 2. The van der Waals surface area contributed by atoms with Gasteiger partial charge >= 0.3 is 11.9 Å². The van der Waals surface area contributed by atoms with Gasteiger partial charge in [-0.25, -0.2) is 4.79 Å². The average molecular weight is 490 g/mol. The summed E-state index contributed by atoms with van der Waals surface area (Å²) < 4.78 is 17.0. The predicted molar refractivity (Wildman–Crippen MR) is 120 cm³/mol. The molecule has 0 bridgehead atoms. The standard InChI is InChI=1S/C24H26O11/c25-12-18-21(30)22(31)23(32)24(35-18)34-16-8-3-14(5-10-20(28)29)11-17(16)33-15-6-1-13(2-7-15)4-9-19(26)27/h1-3,5-8,10-11,18,21-25,30-32H,4,9,12H2,(H,26,27)(H,28,29)/b10-5+/t18-,21-,22+,23-,24-/m1/s1. The summed E-state index contributed by atoms with van der Waals surface area (Å²) in [5.41, 5.74) is 1.25. The maximum atomic E-state index is 10.9. The molecular formula is C24H26O11. The van der Waals surface area contributed by atoms with E-state index < -0.39 is 49.3 Å². The molecule has 188 valence electrons. The molecule has 0 radical (unpaired) electrons. The number of aliphatic carboxylic acids is 2. The van der Waals surface area contributed by atoms with Crippen LogP contribution in [0.2, 0.25) is 0 Å². The Bertz CT molecular complexity index is 1050. The predicted octanol–water partition coefficient (Wildman–Crippen LogP) is 0.773. The van der Waals surface area contributed by atoms with Gasteiger partial charge in [-0.1, -0.05) is 18.2 Å². The third-order valence-corrected chi connectivity index (χ3v) is 5.26. The number of hydrogen-bond acceptors (Lipinski definition) is 9. The van der Waals surface area contributed by atoms with E-state index in [2.05, 4.69) is 0 Å². The Hall–Kier alpha value is -3.48. The van der Waals surface area contributed by atoms with E-state index in [1.54, 1.807) is 24.3 Å². The summed E-state index contributed by atoms with van der Waals surface area (Å²) in [7, 11) is 0. The lowest BCUT2D eigenvalue weighted by atomic mass is 9.99. The number of carboxylic acid groups (broad SMARTS) is 2. The van der Waals surface area contributed by atoms with Crippen LogP contribution in [0.3, 0.4) is 0 Å². The maximum Gasteiger partial charge on any atom is 0.328 e.